The number of nitrogens with zero attached hydrogens (tertiary/aromatic N) is 3. The van der Waals surface area contributed by atoms with Crippen LogP contribution in [-0.2, 0) is 22.4 Å². The Balaban J connectivity index is 1.44. The van der Waals surface area contributed by atoms with Gasteiger partial charge in [-0.15, -0.1) is 11.3 Å². The highest BCUT2D eigenvalue weighted by molar-refractivity contribution is 7.09. The topological polar surface area (TPSA) is 88.3 Å². The minimum atomic E-state index is -0.0177. The molecule has 1 aliphatic rings. The molecule has 1 atom stereocenters. The van der Waals surface area contributed by atoms with Crippen LogP contribution in [0.1, 0.15) is 35.0 Å². The summed E-state index contributed by atoms with van der Waals surface area (Å²) in [6, 6.07) is 1.79. The van der Waals surface area contributed by atoms with Gasteiger partial charge in [-0.25, -0.2) is 4.98 Å². The lowest BCUT2D eigenvalue weighted by Crippen LogP contribution is -2.44. The van der Waals surface area contributed by atoms with E-state index in [0.29, 0.717) is 25.3 Å². The Morgan fingerprint density at radius 2 is 2.23 bits per heavy atom. The van der Waals surface area contributed by atoms with Crippen LogP contribution < -0.4 is 5.32 Å². The van der Waals surface area contributed by atoms with Crippen molar-refractivity contribution >= 4 is 23.2 Å². The molecular formula is C18H24N4O3S. The number of hydrogen-bond acceptors (Lipinski definition) is 6. The molecule has 3 heterocycles. The van der Waals surface area contributed by atoms with Crippen LogP contribution in [0.5, 0.6) is 0 Å². The molecule has 0 spiro atoms. The van der Waals surface area contributed by atoms with Crippen molar-refractivity contribution in [3.05, 3.63) is 33.6 Å². The zero-order chi connectivity index (χ0) is 18.5. The molecule has 26 heavy (non-hydrogen) atoms. The first-order valence-electron chi connectivity index (χ1n) is 8.87. The second kappa shape index (κ2) is 8.44. The molecule has 0 aromatic carbocycles. The molecule has 1 unspecified atom stereocenters. The van der Waals surface area contributed by atoms with Gasteiger partial charge in [0, 0.05) is 31.1 Å². The van der Waals surface area contributed by atoms with Crippen LogP contribution in [0.4, 0.5) is 0 Å². The van der Waals surface area contributed by atoms with E-state index in [-0.39, 0.29) is 24.2 Å². The smallest absolute Gasteiger partial charge is 0.230 e. The first-order chi connectivity index (χ1) is 12.5. The first-order valence-corrected chi connectivity index (χ1v) is 9.75. The molecule has 0 saturated carbocycles. The van der Waals surface area contributed by atoms with Gasteiger partial charge < -0.3 is 14.7 Å². The summed E-state index contributed by atoms with van der Waals surface area (Å²) in [5.41, 5.74) is 1.59. The Morgan fingerprint density at radius 3 is 2.92 bits per heavy atom. The van der Waals surface area contributed by atoms with Crippen molar-refractivity contribution < 1.29 is 14.1 Å². The SMILES string of the molecule is Cc1cc(CC(=O)N2CCCC(CNC(=O)Cc3csc(C)n3)C2)on1. The normalized spacial score (nSPS) is 17.3. The number of carbonyl (C=O) groups is 2. The molecule has 2 aromatic heterocycles. The minimum Gasteiger partial charge on any atom is -0.361 e. The van der Waals surface area contributed by atoms with Gasteiger partial charge in [-0.2, -0.15) is 0 Å². The molecule has 0 bridgehead atoms. The largest absolute Gasteiger partial charge is 0.361 e. The van der Waals surface area contributed by atoms with E-state index in [1.807, 2.05) is 24.1 Å². The van der Waals surface area contributed by atoms with Crippen LogP contribution in [0, 0.1) is 19.8 Å². The van der Waals surface area contributed by atoms with E-state index in [9.17, 15) is 9.59 Å². The van der Waals surface area contributed by atoms with E-state index in [2.05, 4.69) is 15.5 Å². The summed E-state index contributed by atoms with van der Waals surface area (Å²) >= 11 is 1.55. The number of carbonyl (C=O) groups excluding carboxylic acids is 2. The first kappa shape index (κ1) is 18.6. The molecular weight excluding hydrogens is 352 g/mol. The summed E-state index contributed by atoms with van der Waals surface area (Å²) < 4.78 is 5.13. The fourth-order valence-electron chi connectivity index (χ4n) is 3.19. The number of hydrogen-bond donors (Lipinski definition) is 1. The van der Waals surface area contributed by atoms with Crippen molar-refractivity contribution in [2.24, 2.45) is 5.92 Å². The number of amides is 2. The maximum absolute atomic E-state index is 12.4. The molecule has 1 fully saturated rings. The Kier molecular flexibility index (Phi) is 6.03. The van der Waals surface area contributed by atoms with Crippen molar-refractivity contribution in [1.29, 1.82) is 0 Å². The highest BCUT2D eigenvalue weighted by atomic mass is 32.1. The van der Waals surface area contributed by atoms with E-state index < -0.39 is 0 Å². The van der Waals surface area contributed by atoms with Crippen LogP contribution in [0.3, 0.4) is 0 Å². The molecule has 2 amide bonds. The molecule has 2 aromatic rings. The fraction of sp³-hybridized carbons (Fsp3) is 0.556. The summed E-state index contributed by atoms with van der Waals surface area (Å²) in [5.74, 6) is 0.915. The van der Waals surface area contributed by atoms with Gasteiger partial charge in [0.1, 0.15) is 5.76 Å². The monoisotopic (exact) mass is 376 g/mol. The van der Waals surface area contributed by atoms with Crippen molar-refractivity contribution in [2.45, 2.75) is 39.5 Å². The van der Waals surface area contributed by atoms with E-state index in [1.165, 1.54) is 0 Å². The van der Waals surface area contributed by atoms with Gasteiger partial charge in [0.2, 0.25) is 11.8 Å². The quantitative estimate of drug-likeness (QED) is 0.832. The lowest BCUT2D eigenvalue weighted by Gasteiger charge is -2.32. The van der Waals surface area contributed by atoms with Crippen molar-refractivity contribution in [3.63, 3.8) is 0 Å². The summed E-state index contributed by atoms with van der Waals surface area (Å²) in [6.45, 7) is 5.79. The van der Waals surface area contributed by atoms with Gasteiger partial charge >= 0.3 is 0 Å². The van der Waals surface area contributed by atoms with Gasteiger partial charge in [0.25, 0.3) is 0 Å². The summed E-state index contributed by atoms with van der Waals surface area (Å²) in [7, 11) is 0. The predicted octanol–water partition coefficient (Wildman–Crippen LogP) is 1.89. The predicted molar refractivity (Wildman–Crippen MR) is 97.8 cm³/mol. The number of aryl methyl sites for hydroxylation is 2. The third-order valence-corrected chi connectivity index (χ3v) is 5.29. The Morgan fingerprint density at radius 1 is 1.38 bits per heavy atom. The Bertz CT molecular complexity index is 770. The minimum absolute atomic E-state index is 0.0177. The molecule has 1 aliphatic heterocycles. The fourth-order valence-corrected chi connectivity index (χ4v) is 3.81. The zero-order valence-corrected chi connectivity index (χ0v) is 16.0. The Labute approximate surface area is 156 Å². The second-order valence-electron chi connectivity index (χ2n) is 6.80. The van der Waals surface area contributed by atoms with Crippen LogP contribution in [0.15, 0.2) is 16.0 Å². The lowest BCUT2D eigenvalue weighted by molar-refractivity contribution is -0.132. The number of thiazole rings is 1. The molecule has 1 saturated heterocycles. The van der Waals surface area contributed by atoms with Gasteiger partial charge in [-0.1, -0.05) is 5.16 Å². The third-order valence-electron chi connectivity index (χ3n) is 4.47. The van der Waals surface area contributed by atoms with Crippen LogP contribution in [0.25, 0.3) is 0 Å². The average molecular weight is 376 g/mol. The van der Waals surface area contributed by atoms with Gasteiger partial charge in [0.05, 0.1) is 29.2 Å². The summed E-state index contributed by atoms with van der Waals surface area (Å²) in [5, 5.41) is 9.69. The molecule has 140 valence electrons. The molecule has 8 heteroatoms. The highest BCUT2D eigenvalue weighted by Crippen LogP contribution is 2.17. The van der Waals surface area contributed by atoms with Crippen LogP contribution in [-0.4, -0.2) is 46.5 Å². The maximum Gasteiger partial charge on any atom is 0.230 e. The summed E-state index contributed by atoms with van der Waals surface area (Å²) in [6.07, 6.45) is 2.52. The van der Waals surface area contributed by atoms with E-state index in [4.69, 9.17) is 4.52 Å². The van der Waals surface area contributed by atoms with Crippen LogP contribution in [0.2, 0.25) is 0 Å². The van der Waals surface area contributed by atoms with Gasteiger partial charge in [0.15, 0.2) is 0 Å². The number of piperidine rings is 1. The summed E-state index contributed by atoms with van der Waals surface area (Å²) in [4.78, 5) is 30.7. The molecule has 0 aliphatic carbocycles. The molecule has 1 N–H and O–H groups in total. The van der Waals surface area contributed by atoms with E-state index in [1.54, 1.807) is 17.4 Å². The third kappa shape index (κ3) is 5.14. The number of nitrogens with one attached hydrogen (secondary N) is 1. The zero-order valence-electron chi connectivity index (χ0n) is 15.2. The van der Waals surface area contributed by atoms with E-state index in [0.717, 1.165) is 35.8 Å². The molecule has 7 nitrogen and oxygen atoms in total. The maximum atomic E-state index is 12.4. The van der Waals surface area contributed by atoms with Crippen molar-refractivity contribution in [1.82, 2.24) is 20.4 Å². The van der Waals surface area contributed by atoms with Gasteiger partial charge in [-0.05, 0) is 32.6 Å². The van der Waals surface area contributed by atoms with Crippen molar-refractivity contribution in [2.75, 3.05) is 19.6 Å². The second-order valence-corrected chi connectivity index (χ2v) is 7.86. The lowest BCUT2D eigenvalue weighted by atomic mass is 9.97. The highest BCUT2D eigenvalue weighted by Gasteiger charge is 2.25. The number of likely N-dealkylation sites (tertiary alicyclic amines) is 1. The molecule has 3 rings (SSSR count). The Hall–Kier alpha value is -2.22. The average Bonchev–Trinajstić information content (AvgIpc) is 3.21. The number of aromatic nitrogens is 2. The van der Waals surface area contributed by atoms with Crippen molar-refractivity contribution in [3.8, 4) is 0 Å². The number of rotatable bonds is 6. The van der Waals surface area contributed by atoms with Gasteiger partial charge in [-0.3, -0.25) is 9.59 Å². The standard InChI is InChI=1S/C18H24N4O3S/c1-12-6-16(25-21-12)8-18(24)22-5-3-4-14(10-22)9-19-17(23)7-15-11-26-13(2)20-15/h6,11,14H,3-5,7-10H2,1-2H3,(H,19,23). The van der Waals surface area contributed by atoms with Crippen LogP contribution >= 0.6 is 11.3 Å². The molecule has 0 radical (unpaired) electrons. The van der Waals surface area contributed by atoms with E-state index >= 15 is 0 Å².